The van der Waals surface area contributed by atoms with Gasteiger partial charge in [0.15, 0.2) is 0 Å². The molecule has 3 rings (SSSR count). The number of anilines is 1. The van der Waals surface area contributed by atoms with Crippen LogP contribution in [0.4, 0.5) is 11.4 Å². The Labute approximate surface area is 134 Å². The average Bonchev–Trinajstić information content (AvgIpc) is 3.36. The Kier molecular flexibility index (Phi) is 4.06. The van der Waals surface area contributed by atoms with Crippen LogP contribution in [0, 0.1) is 28.4 Å². The molecule has 0 spiro atoms. The fraction of sp³-hybridized carbons (Fsp3) is 0.294. The van der Waals surface area contributed by atoms with Crippen molar-refractivity contribution in [1.82, 2.24) is 4.98 Å². The van der Waals surface area contributed by atoms with Crippen molar-refractivity contribution in [2.75, 3.05) is 5.32 Å². The topological polar surface area (TPSA) is 91.9 Å². The van der Waals surface area contributed by atoms with Crippen molar-refractivity contribution in [1.29, 1.82) is 5.41 Å². The minimum atomic E-state index is -0.414. The van der Waals surface area contributed by atoms with E-state index < -0.39 is 4.92 Å². The summed E-state index contributed by atoms with van der Waals surface area (Å²) in [5.74, 6) is 0.147. The Morgan fingerprint density at radius 3 is 2.74 bits per heavy atom. The molecular formula is C17H18N4O2. The predicted octanol–water partition coefficient (Wildman–Crippen LogP) is 3.69. The first-order valence-corrected chi connectivity index (χ1v) is 7.59. The first-order valence-electron chi connectivity index (χ1n) is 7.59. The monoisotopic (exact) mass is 310 g/mol. The average molecular weight is 310 g/mol. The van der Waals surface area contributed by atoms with Crippen LogP contribution in [0.5, 0.6) is 0 Å². The molecule has 0 unspecified atom stereocenters. The van der Waals surface area contributed by atoms with E-state index in [4.69, 9.17) is 5.41 Å². The van der Waals surface area contributed by atoms with Crippen molar-refractivity contribution in [3.8, 4) is 0 Å². The SMILES string of the molecule is Cc1cccc(CNc2cccc([N+](=O)[O-])c2C(=N)C2CC2)n1. The third-order valence-corrected chi connectivity index (χ3v) is 3.90. The zero-order valence-corrected chi connectivity index (χ0v) is 12.9. The van der Waals surface area contributed by atoms with Gasteiger partial charge < -0.3 is 10.7 Å². The largest absolute Gasteiger partial charge is 0.379 e. The molecule has 23 heavy (non-hydrogen) atoms. The van der Waals surface area contributed by atoms with Gasteiger partial charge in [0.25, 0.3) is 5.69 Å². The fourth-order valence-electron chi connectivity index (χ4n) is 2.58. The van der Waals surface area contributed by atoms with Gasteiger partial charge in [0, 0.05) is 17.7 Å². The van der Waals surface area contributed by atoms with Gasteiger partial charge in [-0.25, -0.2) is 0 Å². The lowest BCUT2D eigenvalue weighted by Crippen LogP contribution is -2.11. The predicted molar refractivity (Wildman–Crippen MR) is 88.9 cm³/mol. The lowest BCUT2D eigenvalue weighted by atomic mass is 10.0. The molecule has 0 atom stereocenters. The molecule has 0 amide bonds. The van der Waals surface area contributed by atoms with Crippen LogP contribution < -0.4 is 5.32 Å². The molecule has 6 nitrogen and oxygen atoms in total. The molecule has 0 radical (unpaired) electrons. The number of aryl methyl sites for hydroxylation is 1. The van der Waals surface area contributed by atoms with E-state index in [2.05, 4.69) is 10.3 Å². The number of hydrogen-bond acceptors (Lipinski definition) is 5. The maximum atomic E-state index is 11.3. The molecular weight excluding hydrogens is 292 g/mol. The van der Waals surface area contributed by atoms with E-state index in [9.17, 15) is 10.1 Å². The maximum Gasteiger partial charge on any atom is 0.280 e. The van der Waals surface area contributed by atoms with Crippen molar-refractivity contribution >= 4 is 17.1 Å². The number of nitro benzene ring substituents is 1. The fourth-order valence-corrected chi connectivity index (χ4v) is 2.58. The van der Waals surface area contributed by atoms with Crippen molar-refractivity contribution in [3.05, 3.63) is 63.5 Å². The summed E-state index contributed by atoms with van der Waals surface area (Å²) in [6.07, 6.45) is 1.87. The normalized spacial score (nSPS) is 13.6. The number of pyridine rings is 1. The molecule has 1 saturated carbocycles. The lowest BCUT2D eigenvalue weighted by molar-refractivity contribution is -0.385. The van der Waals surface area contributed by atoms with Gasteiger partial charge in [0.1, 0.15) is 0 Å². The Bertz CT molecular complexity index is 769. The Hall–Kier alpha value is -2.76. The number of nitro groups is 1. The molecule has 2 N–H and O–H groups in total. The molecule has 118 valence electrons. The van der Waals surface area contributed by atoms with E-state index in [0.29, 0.717) is 23.5 Å². The van der Waals surface area contributed by atoms with Gasteiger partial charge >= 0.3 is 0 Å². The van der Waals surface area contributed by atoms with Crippen LogP contribution in [0.25, 0.3) is 0 Å². The molecule has 6 heteroatoms. The van der Waals surface area contributed by atoms with Gasteiger partial charge in [-0.3, -0.25) is 15.1 Å². The summed E-state index contributed by atoms with van der Waals surface area (Å²) in [6, 6.07) is 10.7. The Morgan fingerprint density at radius 1 is 1.35 bits per heavy atom. The van der Waals surface area contributed by atoms with Gasteiger partial charge in [0.2, 0.25) is 0 Å². The van der Waals surface area contributed by atoms with Gasteiger partial charge in [0.05, 0.1) is 34.1 Å². The molecule has 0 bridgehead atoms. The van der Waals surface area contributed by atoms with Crippen LogP contribution in [0.1, 0.15) is 29.8 Å². The molecule has 1 aromatic carbocycles. The van der Waals surface area contributed by atoms with Gasteiger partial charge in [-0.05, 0) is 38.0 Å². The van der Waals surface area contributed by atoms with Crippen LogP contribution >= 0.6 is 0 Å². The smallest absolute Gasteiger partial charge is 0.280 e. The number of hydrogen-bond donors (Lipinski definition) is 2. The summed E-state index contributed by atoms with van der Waals surface area (Å²) in [7, 11) is 0. The molecule has 2 aromatic rings. The minimum absolute atomic E-state index is 0.0101. The van der Waals surface area contributed by atoms with Gasteiger partial charge in [-0.15, -0.1) is 0 Å². The Morgan fingerprint density at radius 2 is 2.09 bits per heavy atom. The minimum Gasteiger partial charge on any atom is -0.379 e. The number of nitrogens with zero attached hydrogens (tertiary/aromatic N) is 2. The first-order chi connectivity index (χ1) is 11.1. The number of rotatable bonds is 6. The zero-order chi connectivity index (χ0) is 16.4. The van der Waals surface area contributed by atoms with Crippen molar-refractivity contribution in [2.24, 2.45) is 5.92 Å². The van der Waals surface area contributed by atoms with Crippen molar-refractivity contribution < 1.29 is 4.92 Å². The van der Waals surface area contributed by atoms with Gasteiger partial charge in [-0.2, -0.15) is 0 Å². The highest BCUT2D eigenvalue weighted by molar-refractivity contribution is 6.08. The molecule has 1 aliphatic rings. The molecule has 0 saturated heterocycles. The van der Waals surface area contributed by atoms with Crippen LogP contribution in [0.2, 0.25) is 0 Å². The summed E-state index contributed by atoms with van der Waals surface area (Å²) < 4.78 is 0. The lowest BCUT2D eigenvalue weighted by Gasteiger charge is -2.13. The van der Waals surface area contributed by atoms with Crippen LogP contribution in [-0.2, 0) is 6.54 Å². The summed E-state index contributed by atoms with van der Waals surface area (Å²) in [5.41, 5.74) is 3.17. The van der Waals surface area contributed by atoms with E-state index in [-0.39, 0.29) is 11.6 Å². The number of aromatic nitrogens is 1. The van der Waals surface area contributed by atoms with Crippen molar-refractivity contribution in [2.45, 2.75) is 26.3 Å². The number of nitrogens with one attached hydrogen (secondary N) is 2. The maximum absolute atomic E-state index is 11.3. The molecule has 1 heterocycles. The molecule has 1 aliphatic carbocycles. The van der Waals surface area contributed by atoms with Crippen LogP contribution in [0.15, 0.2) is 36.4 Å². The second kappa shape index (κ2) is 6.16. The quantitative estimate of drug-likeness (QED) is 0.483. The second-order valence-corrected chi connectivity index (χ2v) is 5.77. The highest BCUT2D eigenvalue weighted by atomic mass is 16.6. The number of benzene rings is 1. The summed E-state index contributed by atoms with van der Waals surface area (Å²) in [6.45, 7) is 2.39. The highest BCUT2D eigenvalue weighted by Crippen LogP contribution is 2.38. The third-order valence-electron chi connectivity index (χ3n) is 3.90. The first kappa shape index (κ1) is 15.1. The zero-order valence-electron chi connectivity index (χ0n) is 12.9. The van der Waals surface area contributed by atoms with E-state index >= 15 is 0 Å². The summed E-state index contributed by atoms with van der Waals surface area (Å²) in [4.78, 5) is 15.3. The summed E-state index contributed by atoms with van der Waals surface area (Å²) >= 11 is 0. The third kappa shape index (κ3) is 3.36. The van der Waals surface area contributed by atoms with E-state index in [1.54, 1.807) is 12.1 Å². The highest BCUT2D eigenvalue weighted by Gasteiger charge is 2.33. The standard InChI is InChI=1S/C17H18N4O2/c1-11-4-2-5-13(20-11)10-19-14-6-3-7-15(21(22)23)16(14)17(18)12-8-9-12/h2-7,12,18-19H,8-10H2,1H3. The van der Waals surface area contributed by atoms with Crippen LogP contribution in [-0.4, -0.2) is 15.6 Å². The van der Waals surface area contributed by atoms with Gasteiger partial charge in [-0.1, -0.05) is 12.1 Å². The van der Waals surface area contributed by atoms with E-state index in [1.807, 2.05) is 25.1 Å². The Balaban J connectivity index is 1.90. The molecule has 1 aromatic heterocycles. The molecule has 0 aliphatic heterocycles. The van der Waals surface area contributed by atoms with Crippen LogP contribution in [0.3, 0.4) is 0 Å². The van der Waals surface area contributed by atoms with Crippen molar-refractivity contribution in [3.63, 3.8) is 0 Å². The second-order valence-electron chi connectivity index (χ2n) is 5.77. The van der Waals surface area contributed by atoms with E-state index in [0.717, 1.165) is 24.2 Å². The summed E-state index contributed by atoms with van der Waals surface area (Å²) in [5, 5.41) is 22.8. The van der Waals surface area contributed by atoms with E-state index in [1.165, 1.54) is 6.07 Å². The molecule has 1 fully saturated rings.